The minimum atomic E-state index is -0.804. The van der Waals surface area contributed by atoms with Crippen LogP contribution in [0.1, 0.15) is 32.1 Å². The molecule has 2 aromatic heterocycles. The van der Waals surface area contributed by atoms with Crippen molar-refractivity contribution in [2.75, 3.05) is 7.05 Å². The van der Waals surface area contributed by atoms with E-state index >= 15 is 0 Å². The lowest BCUT2D eigenvalue weighted by molar-refractivity contribution is -0.135. The van der Waals surface area contributed by atoms with Gasteiger partial charge in [-0.1, -0.05) is 30.5 Å². The van der Waals surface area contributed by atoms with Crippen molar-refractivity contribution in [2.45, 2.75) is 44.2 Å². The van der Waals surface area contributed by atoms with Crippen molar-refractivity contribution in [1.29, 1.82) is 5.26 Å². The number of nitriles is 1. The Kier molecular flexibility index (Phi) is 4.65. The Morgan fingerprint density at radius 3 is 2.80 bits per heavy atom. The SMILES string of the molecule is CN(C(=O)Cn1c(-c2ccccn2)noc1=O)C1(C#N)CCCCC1. The van der Waals surface area contributed by atoms with Gasteiger partial charge < -0.3 is 4.90 Å². The molecule has 0 saturated heterocycles. The third-order valence-electron chi connectivity index (χ3n) is 4.78. The van der Waals surface area contributed by atoms with Crippen molar-refractivity contribution in [1.82, 2.24) is 19.6 Å². The molecule has 0 aliphatic heterocycles. The van der Waals surface area contributed by atoms with E-state index < -0.39 is 11.3 Å². The van der Waals surface area contributed by atoms with E-state index in [1.165, 1.54) is 4.90 Å². The Bertz CT molecular complexity index is 843. The highest BCUT2D eigenvalue weighted by atomic mass is 16.5. The van der Waals surface area contributed by atoms with E-state index in [0.29, 0.717) is 18.5 Å². The van der Waals surface area contributed by atoms with Crippen LogP contribution in [0.2, 0.25) is 0 Å². The van der Waals surface area contributed by atoms with Crippen molar-refractivity contribution in [3.05, 3.63) is 34.9 Å². The fourth-order valence-corrected chi connectivity index (χ4v) is 3.23. The summed E-state index contributed by atoms with van der Waals surface area (Å²) in [7, 11) is 1.62. The molecule has 0 spiro atoms. The second-order valence-electron chi connectivity index (χ2n) is 6.23. The number of rotatable bonds is 4. The number of carbonyl (C=O) groups is 1. The average Bonchev–Trinajstić information content (AvgIpc) is 3.02. The molecule has 1 aliphatic rings. The van der Waals surface area contributed by atoms with Crippen LogP contribution < -0.4 is 5.76 Å². The average molecular weight is 341 g/mol. The van der Waals surface area contributed by atoms with Crippen LogP contribution in [0.15, 0.2) is 33.7 Å². The number of amides is 1. The minimum absolute atomic E-state index is 0.196. The molecule has 8 nitrogen and oxygen atoms in total. The molecule has 0 atom stereocenters. The summed E-state index contributed by atoms with van der Waals surface area (Å²) in [6, 6.07) is 7.48. The van der Waals surface area contributed by atoms with Crippen molar-refractivity contribution in [3.63, 3.8) is 0 Å². The van der Waals surface area contributed by atoms with Crippen LogP contribution in [0, 0.1) is 11.3 Å². The Labute approximate surface area is 144 Å². The summed E-state index contributed by atoms with van der Waals surface area (Å²) in [5.74, 6) is -0.856. The zero-order chi connectivity index (χ0) is 17.9. The number of pyridine rings is 1. The van der Waals surface area contributed by atoms with Crippen LogP contribution in [0.25, 0.3) is 11.5 Å². The van der Waals surface area contributed by atoms with Crippen LogP contribution in [-0.4, -0.2) is 38.1 Å². The van der Waals surface area contributed by atoms with Crippen molar-refractivity contribution in [2.24, 2.45) is 0 Å². The zero-order valence-corrected chi connectivity index (χ0v) is 14.0. The van der Waals surface area contributed by atoms with E-state index in [-0.39, 0.29) is 18.3 Å². The summed E-state index contributed by atoms with van der Waals surface area (Å²) in [5.41, 5.74) is -0.363. The molecule has 8 heteroatoms. The summed E-state index contributed by atoms with van der Waals surface area (Å²) in [4.78, 5) is 30.3. The van der Waals surface area contributed by atoms with Crippen molar-refractivity contribution in [3.8, 4) is 17.6 Å². The molecule has 2 heterocycles. The fraction of sp³-hybridized carbons (Fsp3) is 0.471. The lowest BCUT2D eigenvalue weighted by atomic mass is 9.81. The predicted molar refractivity (Wildman–Crippen MR) is 88.2 cm³/mol. The lowest BCUT2D eigenvalue weighted by Crippen LogP contribution is -2.51. The number of likely N-dealkylation sites (N-methyl/N-ethyl adjacent to an activating group) is 1. The molecule has 0 radical (unpaired) electrons. The Hall–Kier alpha value is -2.95. The van der Waals surface area contributed by atoms with E-state index in [4.69, 9.17) is 4.52 Å². The fourth-order valence-electron chi connectivity index (χ4n) is 3.23. The van der Waals surface area contributed by atoms with Gasteiger partial charge in [-0.25, -0.2) is 9.36 Å². The minimum Gasteiger partial charge on any atom is -0.325 e. The van der Waals surface area contributed by atoms with Gasteiger partial charge in [0.05, 0.1) is 6.07 Å². The molecule has 2 aromatic rings. The van der Waals surface area contributed by atoms with Gasteiger partial charge in [-0.15, -0.1) is 0 Å². The first kappa shape index (κ1) is 16.9. The van der Waals surface area contributed by atoms with Gasteiger partial charge in [0, 0.05) is 13.2 Å². The lowest BCUT2D eigenvalue weighted by Gasteiger charge is -2.39. The van der Waals surface area contributed by atoms with Gasteiger partial charge in [0.25, 0.3) is 0 Å². The van der Waals surface area contributed by atoms with Crippen LogP contribution in [0.4, 0.5) is 0 Å². The Morgan fingerprint density at radius 2 is 2.16 bits per heavy atom. The summed E-state index contributed by atoms with van der Waals surface area (Å²) in [5, 5.41) is 13.3. The largest absolute Gasteiger partial charge is 0.442 e. The molecule has 130 valence electrons. The first-order valence-electron chi connectivity index (χ1n) is 8.23. The maximum atomic E-state index is 12.7. The Balaban J connectivity index is 1.86. The number of hydrogen-bond donors (Lipinski definition) is 0. The summed E-state index contributed by atoms with van der Waals surface area (Å²) >= 11 is 0. The molecular formula is C17H19N5O3. The smallest absolute Gasteiger partial charge is 0.325 e. The van der Waals surface area contributed by atoms with E-state index in [1.807, 2.05) is 0 Å². The molecule has 1 aliphatic carbocycles. The van der Waals surface area contributed by atoms with E-state index in [1.54, 1.807) is 31.4 Å². The zero-order valence-electron chi connectivity index (χ0n) is 14.0. The molecule has 1 fully saturated rings. The van der Waals surface area contributed by atoms with Gasteiger partial charge in [-0.3, -0.25) is 14.3 Å². The van der Waals surface area contributed by atoms with E-state index in [2.05, 4.69) is 16.2 Å². The van der Waals surface area contributed by atoms with Gasteiger partial charge in [0.2, 0.25) is 11.7 Å². The van der Waals surface area contributed by atoms with Gasteiger partial charge in [0.15, 0.2) is 0 Å². The standard InChI is InChI=1S/C17H19N5O3/c1-21(17(12-18)8-4-2-5-9-17)14(23)11-22-15(20-25-16(22)24)13-7-3-6-10-19-13/h3,6-7,10H,2,4-5,8-9,11H2,1H3. The Morgan fingerprint density at radius 1 is 1.40 bits per heavy atom. The van der Waals surface area contributed by atoms with Gasteiger partial charge in [-0.05, 0) is 25.0 Å². The highest BCUT2D eigenvalue weighted by molar-refractivity contribution is 5.77. The second-order valence-corrected chi connectivity index (χ2v) is 6.23. The van der Waals surface area contributed by atoms with Crippen molar-refractivity contribution < 1.29 is 9.32 Å². The van der Waals surface area contributed by atoms with E-state index in [0.717, 1.165) is 23.8 Å². The molecule has 0 bridgehead atoms. The summed E-state index contributed by atoms with van der Waals surface area (Å²) in [6.07, 6.45) is 5.77. The molecule has 0 unspecified atom stereocenters. The topological polar surface area (TPSA) is 105 Å². The highest BCUT2D eigenvalue weighted by Crippen LogP contribution is 2.32. The molecule has 0 aromatic carbocycles. The van der Waals surface area contributed by atoms with Gasteiger partial charge >= 0.3 is 5.76 Å². The van der Waals surface area contributed by atoms with Crippen LogP contribution >= 0.6 is 0 Å². The number of carbonyl (C=O) groups excluding carboxylic acids is 1. The number of nitrogens with zero attached hydrogens (tertiary/aromatic N) is 5. The van der Waals surface area contributed by atoms with Crippen LogP contribution in [-0.2, 0) is 11.3 Å². The third-order valence-corrected chi connectivity index (χ3v) is 4.78. The number of aromatic nitrogens is 3. The van der Waals surface area contributed by atoms with Gasteiger partial charge in [0.1, 0.15) is 17.8 Å². The first-order chi connectivity index (χ1) is 12.1. The van der Waals surface area contributed by atoms with Gasteiger partial charge in [-0.2, -0.15) is 5.26 Å². The third kappa shape index (κ3) is 3.18. The normalized spacial score (nSPS) is 16.2. The molecule has 1 saturated carbocycles. The first-order valence-corrected chi connectivity index (χ1v) is 8.23. The monoisotopic (exact) mass is 341 g/mol. The van der Waals surface area contributed by atoms with Crippen LogP contribution in [0.5, 0.6) is 0 Å². The van der Waals surface area contributed by atoms with Crippen molar-refractivity contribution >= 4 is 5.91 Å². The van der Waals surface area contributed by atoms with E-state index in [9.17, 15) is 14.9 Å². The molecule has 1 amide bonds. The molecular weight excluding hydrogens is 322 g/mol. The second kappa shape index (κ2) is 6.89. The summed E-state index contributed by atoms with van der Waals surface area (Å²) < 4.78 is 5.86. The maximum Gasteiger partial charge on any atom is 0.442 e. The maximum absolute atomic E-state index is 12.7. The summed E-state index contributed by atoms with van der Waals surface area (Å²) in [6.45, 7) is -0.242. The number of hydrogen-bond acceptors (Lipinski definition) is 6. The molecule has 3 rings (SSSR count). The predicted octanol–water partition coefficient (Wildman–Crippen LogP) is 1.58. The molecule has 25 heavy (non-hydrogen) atoms. The molecule has 0 N–H and O–H groups in total. The highest BCUT2D eigenvalue weighted by Gasteiger charge is 2.39. The quantitative estimate of drug-likeness (QED) is 0.836. The van der Waals surface area contributed by atoms with Crippen LogP contribution in [0.3, 0.4) is 0 Å².